The Kier molecular flexibility index (Phi) is 4.42. The van der Waals surface area contributed by atoms with Gasteiger partial charge in [0.15, 0.2) is 0 Å². The van der Waals surface area contributed by atoms with Crippen LogP contribution in [0.2, 0.25) is 0 Å². The molecule has 2 atom stereocenters. The molecule has 0 unspecified atom stereocenters. The maximum Gasteiger partial charge on any atom is 0.410 e. The lowest BCUT2D eigenvalue weighted by Gasteiger charge is -2.34. The molecule has 132 valence electrons. The molecule has 24 heavy (non-hydrogen) atoms. The molecule has 1 amide bonds. The van der Waals surface area contributed by atoms with Crippen LogP contribution in [0.25, 0.3) is 0 Å². The first-order chi connectivity index (χ1) is 11.1. The summed E-state index contributed by atoms with van der Waals surface area (Å²) < 4.78 is 33.4. The van der Waals surface area contributed by atoms with Gasteiger partial charge in [-0.1, -0.05) is 15.9 Å². The van der Waals surface area contributed by atoms with E-state index in [1.165, 1.54) is 4.31 Å². The fraction of sp³-hybridized carbons (Fsp3) is 0.562. The van der Waals surface area contributed by atoms with Crippen molar-refractivity contribution >= 4 is 32.0 Å². The van der Waals surface area contributed by atoms with Crippen LogP contribution >= 0.6 is 15.9 Å². The molecular weight excluding hydrogens is 396 g/mol. The summed E-state index contributed by atoms with van der Waals surface area (Å²) in [6.45, 7) is 6.17. The molecule has 2 heterocycles. The Morgan fingerprint density at radius 2 is 1.79 bits per heavy atom. The molecule has 6 nitrogen and oxygen atoms in total. The molecule has 2 aliphatic heterocycles. The van der Waals surface area contributed by atoms with Crippen molar-refractivity contribution in [3.05, 3.63) is 28.7 Å². The van der Waals surface area contributed by atoms with Crippen LogP contribution in [0.1, 0.15) is 27.2 Å². The maximum absolute atomic E-state index is 12.8. The van der Waals surface area contributed by atoms with Gasteiger partial charge in [0.2, 0.25) is 10.0 Å². The van der Waals surface area contributed by atoms with Crippen molar-refractivity contribution in [3.8, 4) is 0 Å². The van der Waals surface area contributed by atoms with E-state index in [4.69, 9.17) is 4.74 Å². The zero-order valence-electron chi connectivity index (χ0n) is 13.9. The highest BCUT2D eigenvalue weighted by molar-refractivity contribution is 9.10. The van der Waals surface area contributed by atoms with Crippen LogP contribution in [0.3, 0.4) is 0 Å². The number of benzene rings is 1. The van der Waals surface area contributed by atoms with E-state index in [-0.39, 0.29) is 23.1 Å². The van der Waals surface area contributed by atoms with Crippen LogP contribution in [0.4, 0.5) is 4.79 Å². The Hall–Kier alpha value is -1.12. The smallest absolute Gasteiger partial charge is 0.410 e. The lowest BCUT2D eigenvalue weighted by Crippen LogP contribution is -2.51. The van der Waals surface area contributed by atoms with E-state index in [2.05, 4.69) is 15.9 Å². The number of halogens is 1. The highest BCUT2D eigenvalue weighted by Gasteiger charge is 2.50. The second kappa shape index (κ2) is 6.00. The Labute approximate surface area is 150 Å². The van der Waals surface area contributed by atoms with Gasteiger partial charge in [0.05, 0.1) is 10.9 Å². The van der Waals surface area contributed by atoms with E-state index < -0.39 is 15.6 Å². The third kappa shape index (κ3) is 3.32. The molecule has 3 rings (SSSR count). The van der Waals surface area contributed by atoms with Gasteiger partial charge in [-0.25, -0.2) is 13.2 Å². The summed E-state index contributed by atoms with van der Waals surface area (Å²) in [5.74, 6) is 0. The Bertz CT molecular complexity index is 742. The van der Waals surface area contributed by atoms with Gasteiger partial charge < -0.3 is 9.64 Å². The lowest BCUT2D eigenvalue weighted by atomic mass is 10.2. The van der Waals surface area contributed by atoms with Gasteiger partial charge in [-0.05, 0) is 51.5 Å². The summed E-state index contributed by atoms with van der Waals surface area (Å²) in [6, 6.07) is 6.32. The number of nitrogens with zero attached hydrogens (tertiary/aromatic N) is 2. The van der Waals surface area contributed by atoms with Gasteiger partial charge in [0, 0.05) is 23.6 Å². The number of hydrogen-bond donors (Lipinski definition) is 0. The number of ether oxygens (including phenoxy) is 1. The fourth-order valence-electron chi connectivity index (χ4n) is 3.21. The second-order valence-electron chi connectivity index (χ2n) is 7.20. The molecule has 2 bridgehead atoms. The van der Waals surface area contributed by atoms with Crippen molar-refractivity contribution in [1.29, 1.82) is 0 Å². The molecular formula is C16H21BrN2O4S. The summed E-state index contributed by atoms with van der Waals surface area (Å²) in [7, 11) is -3.54. The van der Waals surface area contributed by atoms with E-state index >= 15 is 0 Å². The summed E-state index contributed by atoms with van der Waals surface area (Å²) in [5.41, 5.74) is -0.553. The van der Waals surface area contributed by atoms with Crippen molar-refractivity contribution in [2.45, 2.75) is 49.8 Å². The number of rotatable bonds is 2. The van der Waals surface area contributed by atoms with E-state index in [9.17, 15) is 13.2 Å². The normalized spacial score (nSPS) is 24.4. The van der Waals surface area contributed by atoms with Crippen molar-refractivity contribution in [2.75, 3.05) is 13.1 Å². The molecule has 1 aromatic rings. The zero-order valence-corrected chi connectivity index (χ0v) is 16.3. The molecule has 0 aliphatic carbocycles. The number of fused-ring (bicyclic) bond motifs is 2. The predicted molar refractivity (Wildman–Crippen MR) is 93.2 cm³/mol. The minimum Gasteiger partial charge on any atom is -0.444 e. The molecule has 2 aliphatic rings. The molecule has 2 fully saturated rings. The number of carbonyl (C=O) groups is 1. The standard InChI is InChI=1S/C16H21BrN2O4S/c1-16(2,3)23-15(20)18-9-13-8-12(18)10-19(13)24(21,22)14-6-4-11(17)5-7-14/h4-7,12-13H,8-10H2,1-3H3/t12-,13-/m0/s1. The first kappa shape index (κ1) is 17.7. The van der Waals surface area contributed by atoms with Gasteiger partial charge in [-0.3, -0.25) is 0 Å². The van der Waals surface area contributed by atoms with E-state index in [0.717, 1.165) is 4.47 Å². The maximum atomic E-state index is 12.8. The largest absolute Gasteiger partial charge is 0.444 e. The van der Waals surface area contributed by atoms with Crippen LogP contribution in [-0.2, 0) is 14.8 Å². The van der Waals surface area contributed by atoms with Crippen molar-refractivity contribution in [1.82, 2.24) is 9.21 Å². The number of likely N-dealkylation sites (tertiary alicyclic amines) is 1. The SMILES string of the molecule is CC(C)(C)OC(=O)N1C[C@@H]2C[C@H]1CN2S(=O)(=O)c1ccc(Br)cc1. The Balaban J connectivity index is 1.73. The third-order valence-corrected chi connectivity index (χ3v) is 6.70. The van der Waals surface area contributed by atoms with Crippen LogP contribution in [0.15, 0.2) is 33.6 Å². The monoisotopic (exact) mass is 416 g/mol. The van der Waals surface area contributed by atoms with Crippen LogP contribution in [0, 0.1) is 0 Å². The van der Waals surface area contributed by atoms with Crippen LogP contribution in [0.5, 0.6) is 0 Å². The lowest BCUT2D eigenvalue weighted by molar-refractivity contribution is 0.0173. The third-order valence-electron chi connectivity index (χ3n) is 4.24. The van der Waals surface area contributed by atoms with E-state index in [1.54, 1.807) is 29.2 Å². The van der Waals surface area contributed by atoms with Crippen molar-refractivity contribution in [2.24, 2.45) is 0 Å². The number of amides is 1. The summed E-state index contributed by atoms with van der Waals surface area (Å²) >= 11 is 3.31. The molecule has 0 N–H and O–H groups in total. The van der Waals surface area contributed by atoms with Crippen molar-refractivity contribution in [3.63, 3.8) is 0 Å². The quantitative estimate of drug-likeness (QED) is 0.743. The van der Waals surface area contributed by atoms with E-state index in [1.807, 2.05) is 20.8 Å². The van der Waals surface area contributed by atoms with Gasteiger partial charge in [0.25, 0.3) is 0 Å². The predicted octanol–water partition coefficient (Wildman–Crippen LogP) is 2.83. The highest BCUT2D eigenvalue weighted by Crippen LogP contribution is 2.35. The number of hydrogen-bond acceptors (Lipinski definition) is 4. The Morgan fingerprint density at radius 3 is 2.29 bits per heavy atom. The topological polar surface area (TPSA) is 66.9 Å². The fourth-order valence-corrected chi connectivity index (χ4v) is 5.14. The molecule has 1 aromatic carbocycles. The summed E-state index contributed by atoms with van der Waals surface area (Å²) in [4.78, 5) is 14.2. The number of sulfonamides is 1. The minimum absolute atomic E-state index is 0.116. The second-order valence-corrected chi connectivity index (χ2v) is 10.0. The zero-order chi connectivity index (χ0) is 17.7. The van der Waals surface area contributed by atoms with Gasteiger partial charge in [-0.15, -0.1) is 0 Å². The number of piperazine rings is 1. The molecule has 8 heteroatoms. The van der Waals surface area contributed by atoms with Gasteiger partial charge in [0.1, 0.15) is 5.60 Å². The first-order valence-corrected chi connectivity index (χ1v) is 10.1. The highest BCUT2D eigenvalue weighted by atomic mass is 79.9. The van der Waals surface area contributed by atoms with Crippen LogP contribution < -0.4 is 0 Å². The molecule has 0 aromatic heterocycles. The summed E-state index contributed by atoms with van der Waals surface area (Å²) in [5, 5.41) is 0. The molecule has 0 saturated carbocycles. The molecule has 2 saturated heterocycles. The molecule has 0 radical (unpaired) electrons. The van der Waals surface area contributed by atoms with Crippen molar-refractivity contribution < 1.29 is 17.9 Å². The van der Waals surface area contributed by atoms with Gasteiger partial charge >= 0.3 is 6.09 Å². The molecule has 0 spiro atoms. The van der Waals surface area contributed by atoms with E-state index in [0.29, 0.717) is 19.5 Å². The average Bonchev–Trinajstić information content (AvgIpc) is 3.06. The van der Waals surface area contributed by atoms with Gasteiger partial charge in [-0.2, -0.15) is 4.31 Å². The Morgan fingerprint density at radius 1 is 1.17 bits per heavy atom. The average molecular weight is 417 g/mol. The van der Waals surface area contributed by atoms with Crippen LogP contribution in [-0.4, -0.2) is 54.5 Å². The number of carbonyl (C=O) groups excluding carboxylic acids is 1. The minimum atomic E-state index is -3.54. The first-order valence-electron chi connectivity index (χ1n) is 7.85. The summed E-state index contributed by atoms with van der Waals surface area (Å²) in [6.07, 6.45) is 0.297.